The summed E-state index contributed by atoms with van der Waals surface area (Å²) in [6, 6.07) is 0.527. The van der Waals surface area contributed by atoms with E-state index >= 15 is 0 Å². The molecule has 1 atom stereocenters. The van der Waals surface area contributed by atoms with E-state index in [0.29, 0.717) is 17.3 Å². The lowest BCUT2D eigenvalue weighted by atomic mass is 9.75. The highest BCUT2D eigenvalue weighted by Gasteiger charge is 2.31. The fourth-order valence-electron chi connectivity index (χ4n) is 3.96. The van der Waals surface area contributed by atoms with Gasteiger partial charge < -0.3 is 10.3 Å². The Morgan fingerprint density at radius 1 is 1.19 bits per heavy atom. The number of nitrogens with zero attached hydrogens (tertiary/aromatic N) is 3. The highest BCUT2D eigenvalue weighted by molar-refractivity contribution is 5.91. The lowest BCUT2D eigenvalue weighted by Gasteiger charge is -2.36. The number of anilines is 1. The summed E-state index contributed by atoms with van der Waals surface area (Å²) in [5.74, 6) is 1.38. The first-order valence-electron chi connectivity index (χ1n) is 7.91. The average Bonchev–Trinajstić information content (AvgIpc) is 2.60. The van der Waals surface area contributed by atoms with Gasteiger partial charge in [0.25, 0.3) is 0 Å². The molecular weight excluding hydrogens is 260 g/mol. The fourth-order valence-corrected chi connectivity index (χ4v) is 3.96. The molecule has 114 valence electrons. The minimum atomic E-state index is 0.410. The monoisotopic (exact) mass is 286 g/mol. The molecule has 0 saturated heterocycles. The van der Waals surface area contributed by atoms with Gasteiger partial charge in [-0.05, 0) is 51.0 Å². The number of hydrogen-bond donors (Lipinski definition) is 1. The van der Waals surface area contributed by atoms with Crippen molar-refractivity contribution in [2.45, 2.75) is 66.3 Å². The van der Waals surface area contributed by atoms with Crippen molar-refractivity contribution in [3.05, 3.63) is 17.1 Å². The van der Waals surface area contributed by atoms with E-state index in [-0.39, 0.29) is 0 Å². The summed E-state index contributed by atoms with van der Waals surface area (Å²) in [4.78, 5) is 9.06. The maximum atomic E-state index is 6.16. The van der Waals surface area contributed by atoms with Crippen LogP contribution in [-0.2, 0) is 0 Å². The number of aryl methyl sites for hydroxylation is 2. The number of nitrogen functional groups attached to an aromatic ring is 1. The SMILES string of the molecule is Cc1nc(N)c2c(C)c(C)n(C3CCCC(C)(C)C3)c2n1. The van der Waals surface area contributed by atoms with Crippen molar-refractivity contribution in [1.82, 2.24) is 14.5 Å². The molecule has 2 aromatic rings. The van der Waals surface area contributed by atoms with E-state index in [4.69, 9.17) is 10.7 Å². The summed E-state index contributed by atoms with van der Waals surface area (Å²) in [6.45, 7) is 11.0. The lowest BCUT2D eigenvalue weighted by molar-refractivity contribution is 0.184. The van der Waals surface area contributed by atoms with E-state index in [9.17, 15) is 0 Å². The van der Waals surface area contributed by atoms with E-state index < -0.39 is 0 Å². The fraction of sp³-hybridized carbons (Fsp3) is 0.647. The van der Waals surface area contributed by atoms with Crippen LogP contribution in [0.3, 0.4) is 0 Å². The number of rotatable bonds is 1. The molecule has 3 rings (SSSR count). The van der Waals surface area contributed by atoms with Gasteiger partial charge in [0, 0.05) is 11.7 Å². The number of nitrogens with two attached hydrogens (primary N) is 1. The second-order valence-electron chi connectivity index (χ2n) is 7.35. The Morgan fingerprint density at radius 3 is 2.57 bits per heavy atom. The number of aromatic nitrogens is 3. The summed E-state index contributed by atoms with van der Waals surface area (Å²) in [5, 5.41) is 1.04. The van der Waals surface area contributed by atoms with E-state index in [1.165, 1.54) is 36.9 Å². The zero-order chi connectivity index (χ0) is 15.4. The van der Waals surface area contributed by atoms with Crippen molar-refractivity contribution >= 4 is 16.9 Å². The molecule has 0 aromatic carbocycles. The van der Waals surface area contributed by atoms with Crippen molar-refractivity contribution in [3.63, 3.8) is 0 Å². The summed E-state index contributed by atoms with van der Waals surface area (Å²) < 4.78 is 2.43. The molecule has 1 unspecified atom stereocenters. The second kappa shape index (κ2) is 4.72. The first-order chi connectivity index (χ1) is 9.80. The van der Waals surface area contributed by atoms with Gasteiger partial charge in [0.2, 0.25) is 0 Å². The Labute approximate surface area is 126 Å². The molecule has 2 N–H and O–H groups in total. The Hall–Kier alpha value is -1.58. The van der Waals surface area contributed by atoms with Gasteiger partial charge in [-0.15, -0.1) is 0 Å². The van der Waals surface area contributed by atoms with Crippen molar-refractivity contribution in [2.24, 2.45) is 5.41 Å². The van der Waals surface area contributed by atoms with E-state index in [1.54, 1.807) is 0 Å². The van der Waals surface area contributed by atoms with Crippen LogP contribution in [0.2, 0.25) is 0 Å². The molecule has 1 aliphatic rings. The van der Waals surface area contributed by atoms with Gasteiger partial charge in [-0.25, -0.2) is 9.97 Å². The quantitative estimate of drug-likeness (QED) is 0.859. The van der Waals surface area contributed by atoms with Gasteiger partial charge in [0.1, 0.15) is 17.3 Å². The maximum absolute atomic E-state index is 6.16. The van der Waals surface area contributed by atoms with E-state index in [2.05, 4.69) is 37.2 Å². The standard InChI is InChI=1S/C17H26N4/c1-10-11(2)21(13-7-6-8-17(4,5)9-13)16-14(10)15(18)19-12(3)20-16/h13H,6-9H2,1-5H3,(H2,18,19,20). The Balaban J connectivity index is 2.20. The van der Waals surface area contributed by atoms with Gasteiger partial charge in [0.05, 0.1) is 5.39 Å². The van der Waals surface area contributed by atoms with E-state index in [0.717, 1.165) is 16.9 Å². The van der Waals surface area contributed by atoms with Crippen LogP contribution in [-0.4, -0.2) is 14.5 Å². The molecule has 1 aliphatic carbocycles. The van der Waals surface area contributed by atoms with Gasteiger partial charge in [-0.1, -0.05) is 20.3 Å². The minimum Gasteiger partial charge on any atom is -0.383 e. The van der Waals surface area contributed by atoms with Crippen LogP contribution in [0, 0.1) is 26.2 Å². The Bertz CT molecular complexity index is 697. The predicted octanol–water partition coefficient (Wildman–Crippen LogP) is 4.08. The van der Waals surface area contributed by atoms with Crippen molar-refractivity contribution in [2.75, 3.05) is 5.73 Å². The highest BCUT2D eigenvalue weighted by Crippen LogP contribution is 2.43. The first kappa shape index (κ1) is 14.4. The molecule has 0 spiro atoms. The van der Waals surface area contributed by atoms with Gasteiger partial charge in [-0.2, -0.15) is 0 Å². The van der Waals surface area contributed by atoms with Crippen molar-refractivity contribution in [1.29, 1.82) is 0 Å². The lowest BCUT2D eigenvalue weighted by Crippen LogP contribution is -2.25. The molecule has 0 amide bonds. The molecular formula is C17H26N4. The molecule has 4 nitrogen and oxygen atoms in total. The second-order valence-corrected chi connectivity index (χ2v) is 7.35. The third-order valence-corrected chi connectivity index (χ3v) is 5.08. The third kappa shape index (κ3) is 2.30. The third-order valence-electron chi connectivity index (χ3n) is 5.08. The van der Waals surface area contributed by atoms with Gasteiger partial charge in [-0.3, -0.25) is 0 Å². The van der Waals surface area contributed by atoms with Crippen LogP contribution < -0.4 is 5.73 Å². The molecule has 2 heterocycles. The zero-order valence-corrected chi connectivity index (χ0v) is 13.8. The summed E-state index contributed by atoms with van der Waals surface area (Å²) in [6.07, 6.45) is 5.04. The van der Waals surface area contributed by atoms with Crippen LogP contribution in [0.15, 0.2) is 0 Å². The predicted molar refractivity (Wildman–Crippen MR) is 87.4 cm³/mol. The first-order valence-corrected chi connectivity index (χ1v) is 7.91. The Morgan fingerprint density at radius 2 is 1.90 bits per heavy atom. The van der Waals surface area contributed by atoms with Crippen LogP contribution in [0.25, 0.3) is 11.0 Å². The smallest absolute Gasteiger partial charge is 0.146 e. The molecule has 4 heteroatoms. The normalized spacial score (nSPS) is 21.9. The van der Waals surface area contributed by atoms with Crippen molar-refractivity contribution < 1.29 is 0 Å². The number of hydrogen-bond acceptors (Lipinski definition) is 3. The van der Waals surface area contributed by atoms with E-state index in [1.807, 2.05) is 6.92 Å². The van der Waals surface area contributed by atoms with Crippen LogP contribution in [0.5, 0.6) is 0 Å². The van der Waals surface area contributed by atoms with Gasteiger partial charge >= 0.3 is 0 Å². The van der Waals surface area contributed by atoms with Gasteiger partial charge in [0.15, 0.2) is 0 Å². The Kier molecular flexibility index (Phi) is 3.23. The van der Waals surface area contributed by atoms with Crippen molar-refractivity contribution in [3.8, 4) is 0 Å². The summed E-state index contributed by atoms with van der Waals surface area (Å²) in [5.41, 5.74) is 10.1. The molecule has 0 radical (unpaired) electrons. The molecule has 1 fully saturated rings. The largest absolute Gasteiger partial charge is 0.383 e. The molecule has 1 saturated carbocycles. The summed E-state index contributed by atoms with van der Waals surface area (Å²) >= 11 is 0. The number of fused-ring (bicyclic) bond motifs is 1. The highest BCUT2D eigenvalue weighted by atomic mass is 15.1. The van der Waals surface area contributed by atoms with Crippen LogP contribution in [0.4, 0.5) is 5.82 Å². The topological polar surface area (TPSA) is 56.7 Å². The molecule has 21 heavy (non-hydrogen) atoms. The molecule has 0 bridgehead atoms. The zero-order valence-electron chi connectivity index (χ0n) is 13.8. The minimum absolute atomic E-state index is 0.410. The molecule has 0 aliphatic heterocycles. The van der Waals surface area contributed by atoms with Crippen LogP contribution in [0.1, 0.15) is 62.7 Å². The van der Waals surface area contributed by atoms with Crippen LogP contribution >= 0.6 is 0 Å². The summed E-state index contributed by atoms with van der Waals surface area (Å²) in [7, 11) is 0. The molecule has 2 aromatic heterocycles. The average molecular weight is 286 g/mol. The maximum Gasteiger partial charge on any atom is 0.146 e.